The Bertz CT molecular complexity index is 359. The summed E-state index contributed by atoms with van der Waals surface area (Å²) >= 11 is 0. The van der Waals surface area contributed by atoms with E-state index < -0.39 is 0 Å². The second-order valence-electron chi connectivity index (χ2n) is 6.31. The van der Waals surface area contributed by atoms with Crippen LogP contribution >= 0.6 is 0 Å². The Kier molecular flexibility index (Phi) is 6.97. The molecule has 0 saturated carbocycles. The summed E-state index contributed by atoms with van der Waals surface area (Å²) in [5.74, 6) is 0.281. The fourth-order valence-electron chi connectivity index (χ4n) is 2.78. The zero-order valence-electron chi connectivity index (χ0n) is 13.2. The lowest BCUT2D eigenvalue weighted by Crippen LogP contribution is -2.15. The SMILES string of the molecule is CCCCC(C)CC(C)/C=C/C(C)C1CC(=O)OC1=O. The minimum Gasteiger partial charge on any atom is -0.393 e. The van der Waals surface area contributed by atoms with Crippen LogP contribution in [0.2, 0.25) is 0 Å². The topological polar surface area (TPSA) is 43.4 Å². The fourth-order valence-corrected chi connectivity index (χ4v) is 2.78. The molecule has 3 nitrogen and oxygen atoms in total. The fraction of sp³-hybridized carbons (Fsp3) is 0.765. The first-order valence-electron chi connectivity index (χ1n) is 7.86. The Balaban J connectivity index is 2.38. The molecule has 4 unspecified atom stereocenters. The van der Waals surface area contributed by atoms with Gasteiger partial charge in [-0.3, -0.25) is 9.59 Å². The lowest BCUT2D eigenvalue weighted by molar-refractivity contribution is -0.153. The molecule has 1 aliphatic heterocycles. The summed E-state index contributed by atoms with van der Waals surface area (Å²) in [6.07, 6.45) is 9.49. The molecular weight excluding hydrogens is 252 g/mol. The van der Waals surface area contributed by atoms with Crippen molar-refractivity contribution < 1.29 is 14.3 Å². The van der Waals surface area contributed by atoms with E-state index in [1.54, 1.807) is 0 Å². The van der Waals surface area contributed by atoms with Gasteiger partial charge in [0.2, 0.25) is 0 Å². The molecule has 114 valence electrons. The second kappa shape index (κ2) is 8.23. The highest BCUT2D eigenvalue weighted by Gasteiger charge is 2.36. The van der Waals surface area contributed by atoms with Gasteiger partial charge in [-0.05, 0) is 24.2 Å². The van der Waals surface area contributed by atoms with Crippen LogP contribution in [0.3, 0.4) is 0 Å². The zero-order chi connectivity index (χ0) is 15.1. The Hall–Kier alpha value is -1.12. The van der Waals surface area contributed by atoms with Gasteiger partial charge >= 0.3 is 11.9 Å². The highest BCUT2D eigenvalue weighted by atomic mass is 16.6. The van der Waals surface area contributed by atoms with Crippen molar-refractivity contribution in [3.8, 4) is 0 Å². The zero-order valence-corrected chi connectivity index (χ0v) is 13.2. The number of hydrogen-bond donors (Lipinski definition) is 0. The van der Waals surface area contributed by atoms with Crippen molar-refractivity contribution in [3.63, 3.8) is 0 Å². The van der Waals surface area contributed by atoms with Crippen LogP contribution in [0.25, 0.3) is 0 Å². The van der Waals surface area contributed by atoms with Crippen molar-refractivity contribution in [1.29, 1.82) is 0 Å². The van der Waals surface area contributed by atoms with Crippen molar-refractivity contribution in [2.45, 2.75) is 59.8 Å². The van der Waals surface area contributed by atoms with Gasteiger partial charge in [0.25, 0.3) is 0 Å². The number of carbonyl (C=O) groups excluding carboxylic acids is 2. The molecule has 1 fully saturated rings. The predicted octanol–water partition coefficient (Wildman–Crippen LogP) is 4.12. The molecule has 1 saturated heterocycles. The molecule has 0 aromatic rings. The minimum absolute atomic E-state index is 0.0716. The number of ether oxygens (including phenoxy) is 1. The summed E-state index contributed by atoms with van der Waals surface area (Å²) in [7, 11) is 0. The van der Waals surface area contributed by atoms with Crippen molar-refractivity contribution in [2.75, 3.05) is 0 Å². The van der Waals surface area contributed by atoms with Crippen LogP contribution < -0.4 is 0 Å². The molecular formula is C17H28O3. The van der Waals surface area contributed by atoms with E-state index in [9.17, 15) is 9.59 Å². The number of hydrogen-bond acceptors (Lipinski definition) is 3. The number of cyclic esters (lactones) is 2. The second-order valence-corrected chi connectivity index (χ2v) is 6.31. The average Bonchev–Trinajstić information content (AvgIpc) is 2.72. The molecule has 0 bridgehead atoms. The molecule has 0 radical (unpaired) electrons. The maximum atomic E-state index is 11.5. The molecule has 1 aliphatic rings. The number of unbranched alkanes of at least 4 members (excludes halogenated alkanes) is 1. The minimum atomic E-state index is -0.388. The van der Waals surface area contributed by atoms with E-state index in [1.165, 1.54) is 25.7 Å². The Morgan fingerprint density at radius 3 is 2.50 bits per heavy atom. The van der Waals surface area contributed by atoms with E-state index in [0.29, 0.717) is 5.92 Å². The van der Waals surface area contributed by atoms with Crippen LogP contribution in [0.1, 0.15) is 59.8 Å². The number of esters is 2. The average molecular weight is 280 g/mol. The van der Waals surface area contributed by atoms with Gasteiger partial charge in [-0.2, -0.15) is 0 Å². The van der Waals surface area contributed by atoms with Crippen LogP contribution in [-0.4, -0.2) is 11.9 Å². The highest BCUT2D eigenvalue weighted by molar-refractivity contribution is 5.94. The Labute approximate surface area is 122 Å². The maximum Gasteiger partial charge on any atom is 0.317 e. The summed E-state index contributed by atoms with van der Waals surface area (Å²) in [4.78, 5) is 22.6. The van der Waals surface area contributed by atoms with E-state index in [0.717, 1.165) is 5.92 Å². The standard InChI is InChI=1S/C17H28O3/c1-5-6-7-12(2)10-13(3)8-9-14(4)15-11-16(18)20-17(15)19/h8-9,12-15H,5-7,10-11H2,1-4H3/b9-8+. The van der Waals surface area contributed by atoms with E-state index in [-0.39, 0.29) is 30.2 Å². The van der Waals surface area contributed by atoms with E-state index in [2.05, 4.69) is 37.7 Å². The molecule has 4 atom stereocenters. The van der Waals surface area contributed by atoms with Gasteiger partial charge in [-0.25, -0.2) is 0 Å². The third kappa shape index (κ3) is 5.48. The lowest BCUT2D eigenvalue weighted by Gasteiger charge is -2.15. The summed E-state index contributed by atoms with van der Waals surface area (Å²) < 4.78 is 4.60. The molecule has 0 N–H and O–H groups in total. The summed E-state index contributed by atoms with van der Waals surface area (Å²) in [5.41, 5.74) is 0. The number of rotatable bonds is 8. The molecule has 0 aromatic carbocycles. The lowest BCUT2D eigenvalue weighted by atomic mass is 9.89. The monoisotopic (exact) mass is 280 g/mol. The van der Waals surface area contributed by atoms with Crippen LogP contribution in [0.15, 0.2) is 12.2 Å². The Morgan fingerprint density at radius 1 is 1.25 bits per heavy atom. The van der Waals surface area contributed by atoms with E-state index >= 15 is 0 Å². The van der Waals surface area contributed by atoms with Crippen LogP contribution in [0.4, 0.5) is 0 Å². The van der Waals surface area contributed by atoms with Gasteiger partial charge in [-0.1, -0.05) is 59.1 Å². The van der Waals surface area contributed by atoms with Gasteiger partial charge in [-0.15, -0.1) is 0 Å². The number of allylic oxidation sites excluding steroid dienone is 2. The summed E-state index contributed by atoms with van der Waals surface area (Å²) in [6.45, 7) is 8.72. The van der Waals surface area contributed by atoms with Gasteiger partial charge in [0.15, 0.2) is 0 Å². The van der Waals surface area contributed by atoms with Gasteiger partial charge in [0.05, 0.1) is 12.3 Å². The van der Waals surface area contributed by atoms with Crippen LogP contribution in [-0.2, 0) is 14.3 Å². The predicted molar refractivity (Wildman–Crippen MR) is 80.0 cm³/mol. The molecule has 0 spiro atoms. The molecule has 1 rings (SSSR count). The molecule has 0 aromatic heterocycles. The molecule has 20 heavy (non-hydrogen) atoms. The van der Waals surface area contributed by atoms with E-state index in [1.807, 2.05) is 6.92 Å². The molecule has 0 amide bonds. The first kappa shape index (κ1) is 16.9. The van der Waals surface area contributed by atoms with Crippen molar-refractivity contribution in [1.82, 2.24) is 0 Å². The third-order valence-corrected chi connectivity index (χ3v) is 4.11. The summed E-state index contributed by atoms with van der Waals surface area (Å²) in [5, 5.41) is 0. The highest BCUT2D eigenvalue weighted by Crippen LogP contribution is 2.26. The first-order chi connectivity index (χ1) is 9.43. The van der Waals surface area contributed by atoms with Gasteiger partial charge < -0.3 is 4.74 Å². The van der Waals surface area contributed by atoms with Crippen molar-refractivity contribution >= 4 is 11.9 Å². The third-order valence-electron chi connectivity index (χ3n) is 4.11. The van der Waals surface area contributed by atoms with Crippen LogP contribution in [0, 0.1) is 23.7 Å². The van der Waals surface area contributed by atoms with Crippen LogP contribution in [0.5, 0.6) is 0 Å². The molecule has 0 aliphatic carbocycles. The van der Waals surface area contributed by atoms with E-state index in [4.69, 9.17) is 0 Å². The Morgan fingerprint density at radius 2 is 1.95 bits per heavy atom. The number of carbonyl (C=O) groups is 2. The maximum absolute atomic E-state index is 11.5. The van der Waals surface area contributed by atoms with Crippen molar-refractivity contribution in [3.05, 3.63) is 12.2 Å². The van der Waals surface area contributed by atoms with Gasteiger partial charge in [0, 0.05) is 0 Å². The quantitative estimate of drug-likeness (QED) is 0.381. The normalized spacial score (nSPS) is 23.9. The molecule has 3 heteroatoms. The summed E-state index contributed by atoms with van der Waals surface area (Å²) in [6, 6.07) is 0. The molecule has 1 heterocycles. The largest absolute Gasteiger partial charge is 0.393 e. The van der Waals surface area contributed by atoms with Crippen molar-refractivity contribution in [2.24, 2.45) is 23.7 Å². The van der Waals surface area contributed by atoms with Gasteiger partial charge in [0.1, 0.15) is 0 Å². The first-order valence-corrected chi connectivity index (χ1v) is 7.86. The smallest absolute Gasteiger partial charge is 0.317 e.